The first kappa shape index (κ1) is 21.6. The first-order valence-corrected chi connectivity index (χ1v) is 12.3. The number of carbonyl (C=O) groups excluding carboxylic acids is 2. The van der Waals surface area contributed by atoms with E-state index in [4.69, 9.17) is 0 Å². The summed E-state index contributed by atoms with van der Waals surface area (Å²) < 4.78 is 26.1. The molecule has 4 rings (SSSR count). The van der Waals surface area contributed by atoms with E-state index in [1.807, 2.05) is 31.2 Å². The lowest BCUT2D eigenvalue weighted by Gasteiger charge is -2.18. The number of nitrogens with one attached hydrogen (secondary N) is 1. The molecule has 1 aliphatic carbocycles. The molecule has 0 aromatic heterocycles. The summed E-state index contributed by atoms with van der Waals surface area (Å²) in [5.41, 5.74) is 3.81. The minimum Gasteiger partial charge on any atom is -0.352 e. The molecule has 2 amide bonds. The van der Waals surface area contributed by atoms with Crippen LogP contribution < -0.4 is 10.2 Å². The highest BCUT2D eigenvalue weighted by atomic mass is 32.2. The van der Waals surface area contributed by atoms with Gasteiger partial charge in [-0.25, -0.2) is 8.42 Å². The van der Waals surface area contributed by atoms with Crippen LogP contribution in [0.3, 0.4) is 0 Å². The van der Waals surface area contributed by atoms with Crippen molar-refractivity contribution in [3.63, 3.8) is 0 Å². The third kappa shape index (κ3) is 4.66. The zero-order valence-corrected chi connectivity index (χ0v) is 18.7. The molecule has 1 N–H and O–H groups in total. The van der Waals surface area contributed by atoms with Gasteiger partial charge in [0.25, 0.3) is 0 Å². The number of carbonyl (C=O) groups is 2. The van der Waals surface area contributed by atoms with E-state index < -0.39 is 15.1 Å². The van der Waals surface area contributed by atoms with E-state index in [0.29, 0.717) is 19.5 Å². The van der Waals surface area contributed by atoms with Crippen LogP contribution in [0.15, 0.2) is 47.4 Å². The molecule has 1 aliphatic heterocycles. The smallest absolute Gasteiger partial charge is 0.230 e. The van der Waals surface area contributed by atoms with Crippen LogP contribution in [0.5, 0.6) is 0 Å². The molecule has 1 heterocycles. The monoisotopic (exact) mass is 440 g/mol. The summed E-state index contributed by atoms with van der Waals surface area (Å²) in [4.78, 5) is 26.7. The number of hydrogen-bond acceptors (Lipinski definition) is 4. The van der Waals surface area contributed by atoms with Crippen molar-refractivity contribution in [2.45, 2.75) is 56.2 Å². The molecule has 1 saturated carbocycles. The molecule has 6 nitrogen and oxygen atoms in total. The van der Waals surface area contributed by atoms with Crippen LogP contribution in [0, 0.1) is 12.8 Å². The van der Waals surface area contributed by atoms with Gasteiger partial charge in [0, 0.05) is 31.1 Å². The Hall–Kier alpha value is -2.67. The lowest BCUT2D eigenvalue weighted by atomic mass is 10.1. The number of fused-ring (bicyclic) bond motifs is 1. The summed E-state index contributed by atoms with van der Waals surface area (Å²) in [6.07, 6.45) is 2.45. The topological polar surface area (TPSA) is 83.6 Å². The van der Waals surface area contributed by atoms with Gasteiger partial charge in [0.05, 0.1) is 10.1 Å². The molecule has 164 valence electrons. The fraction of sp³-hybridized carbons (Fsp3) is 0.417. The molecule has 2 aromatic carbocycles. The van der Waals surface area contributed by atoms with E-state index in [0.717, 1.165) is 35.2 Å². The maximum atomic E-state index is 13.1. The van der Waals surface area contributed by atoms with Crippen LogP contribution >= 0.6 is 0 Å². The Labute approximate surface area is 183 Å². The van der Waals surface area contributed by atoms with Gasteiger partial charge in [-0.1, -0.05) is 29.8 Å². The molecule has 2 aromatic rings. The van der Waals surface area contributed by atoms with Gasteiger partial charge in [0.2, 0.25) is 11.8 Å². The largest absolute Gasteiger partial charge is 0.352 e. The Morgan fingerprint density at radius 3 is 2.52 bits per heavy atom. The Balaban J connectivity index is 1.40. The average molecular weight is 441 g/mol. The lowest BCUT2D eigenvalue weighted by molar-refractivity contribution is -0.121. The highest BCUT2D eigenvalue weighted by Crippen LogP contribution is 2.37. The Bertz CT molecular complexity index is 1100. The van der Waals surface area contributed by atoms with Crippen molar-refractivity contribution in [3.8, 4) is 0 Å². The molecule has 0 saturated heterocycles. The van der Waals surface area contributed by atoms with Gasteiger partial charge in [-0.15, -0.1) is 0 Å². The molecule has 7 heteroatoms. The van der Waals surface area contributed by atoms with Crippen LogP contribution in [-0.2, 0) is 32.4 Å². The number of anilines is 1. The SMILES string of the molecule is Cc1ccc(CNC(=O)C[C@@H](C)S(=O)(=O)c2ccc3c(c2)CCN3C(=O)C2CC2)cc1. The van der Waals surface area contributed by atoms with E-state index in [-0.39, 0.29) is 29.0 Å². The maximum Gasteiger partial charge on any atom is 0.230 e. The molecular weight excluding hydrogens is 412 g/mol. The number of benzene rings is 2. The molecule has 31 heavy (non-hydrogen) atoms. The van der Waals surface area contributed by atoms with Crippen LogP contribution in [0.2, 0.25) is 0 Å². The standard InChI is InChI=1S/C24H28N2O4S/c1-16-3-5-18(6-4-16)15-25-23(27)13-17(2)31(29,30)21-9-10-22-20(14-21)11-12-26(22)24(28)19-7-8-19/h3-6,9-10,14,17,19H,7-8,11-13,15H2,1-2H3,(H,25,27)/t17-/m1/s1. The summed E-state index contributed by atoms with van der Waals surface area (Å²) in [7, 11) is -3.65. The highest BCUT2D eigenvalue weighted by molar-refractivity contribution is 7.92. The zero-order valence-electron chi connectivity index (χ0n) is 17.9. The summed E-state index contributed by atoms with van der Waals surface area (Å²) in [5.74, 6) is -0.0141. The van der Waals surface area contributed by atoms with Gasteiger partial charge < -0.3 is 10.2 Å². The van der Waals surface area contributed by atoms with Crippen molar-refractivity contribution >= 4 is 27.3 Å². The number of sulfone groups is 1. The van der Waals surface area contributed by atoms with Gasteiger partial charge in [0.15, 0.2) is 9.84 Å². The van der Waals surface area contributed by atoms with Gasteiger partial charge in [-0.2, -0.15) is 0 Å². The van der Waals surface area contributed by atoms with Gasteiger partial charge in [-0.05, 0) is 62.4 Å². The van der Waals surface area contributed by atoms with Crippen molar-refractivity contribution in [1.82, 2.24) is 5.32 Å². The maximum absolute atomic E-state index is 13.1. The number of aryl methyl sites for hydroxylation is 1. The lowest BCUT2D eigenvalue weighted by Crippen LogP contribution is -2.30. The van der Waals surface area contributed by atoms with Gasteiger partial charge >= 0.3 is 0 Å². The highest BCUT2D eigenvalue weighted by Gasteiger charge is 2.37. The average Bonchev–Trinajstić information content (AvgIpc) is 3.51. The van der Waals surface area contributed by atoms with Crippen LogP contribution in [0.1, 0.15) is 42.9 Å². The Kier molecular flexibility index (Phi) is 5.88. The molecule has 1 atom stereocenters. The molecular formula is C24H28N2O4S. The van der Waals surface area contributed by atoms with Crippen molar-refractivity contribution < 1.29 is 18.0 Å². The summed E-state index contributed by atoms with van der Waals surface area (Å²) in [6, 6.07) is 12.8. The summed E-state index contributed by atoms with van der Waals surface area (Å²) in [5, 5.41) is 1.96. The zero-order chi connectivity index (χ0) is 22.2. The third-order valence-electron chi connectivity index (χ3n) is 6.08. The van der Waals surface area contributed by atoms with Gasteiger partial charge in [-0.3, -0.25) is 9.59 Å². The predicted octanol–water partition coefficient (Wildman–Crippen LogP) is 3.16. The fourth-order valence-electron chi connectivity index (χ4n) is 3.92. The van der Waals surface area contributed by atoms with Gasteiger partial charge in [0.1, 0.15) is 0 Å². The number of hydrogen-bond donors (Lipinski definition) is 1. The second kappa shape index (κ2) is 8.46. The number of nitrogens with zero attached hydrogens (tertiary/aromatic N) is 1. The normalized spacial score (nSPS) is 16.6. The summed E-state index contributed by atoms with van der Waals surface area (Å²) >= 11 is 0. The van der Waals surface area contributed by atoms with Crippen LogP contribution in [-0.4, -0.2) is 32.0 Å². The molecule has 2 aliphatic rings. The van der Waals surface area contributed by atoms with E-state index in [9.17, 15) is 18.0 Å². The Morgan fingerprint density at radius 1 is 1.13 bits per heavy atom. The van der Waals surface area contributed by atoms with Crippen molar-refractivity contribution in [2.75, 3.05) is 11.4 Å². The molecule has 0 unspecified atom stereocenters. The molecule has 0 spiro atoms. The minimum atomic E-state index is -3.65. The molecule has 1 fully saturated rings. The fourth-order valence-corrected chi connectivity index (χ4v) is 5.32. The number of rotatable bonds is 7. The first-order chi connectivity index (χ1) is 14.8. The number of amides is 2. The quantitative estimate of drug-likeness (QED) is 0.717. The van der Waals surface area contributed by atoms with Crippen LogP contribution in [0.25, 0.3) is 0 Å². The van der Waals surface area contributed by atoms with Crippen molar-refractivity contribution in [2.24, 2.45) is 5.92 Å². The van der Waals surface area contributed by atoms with Crippen molar-refractivity contribution in [3.05, 3.63) is 59.2 Å². The Morgan fingerprint density at radius 2 is 1.84 bits per heavy atom. The predicted molar refractivity (Wildman–Crippen MR) is 120 cm³/mol. The molecule has 0 bridgehead atoms. The van der Waals surface area contributed by atoms with E-state index in [1.165, 1.54) is 0 Å². The van der Waals surface area contributed by atoms with Crippen molar-refractivity contribution in [1.29, 1.82) is 0 Å². The van der Waals surface area contributed by atoms with Crippen LogP contribution in [0.4, 0.5) is 5.69 Å². The minimum absolute atomic E-state index is 0.0996. The van der Waals surface area contributed by atoms with E-state index >= 15 is 0 Å². The third-order valence-corrected chi connectivity index (χ3v) is 8.22. The second-order valence-electron chi connectivity index (χ2n) is 8.63. The summed E-state index contributed by atoms with van der Waals surface area (Å²) in [6.45, 7) is 4.54. The first-order valence-electron chi connectivity index (χ1n) is 10.8. The molecule has 0 radical (unpaired) electrons. The van der Waals surface area contributed by atoms with E-state index in [2.05, 4.69) is 5.32 Å². The van der Waals surface area contributed by atoms with E-state index in [1.54, 1.807) is 30.0 Å². The second-order valence-corrected chi connectivity index (χ2v) is 11.0.